The van der Waals surface area contributed by atoms with Crippen LogP contribution in [0.3, 0.4) is 0 Å². The highest BCUT2D eigenvalue weighted by atomic mass is 19.1. The fourth-order valence-corrected chi connectivity index (χ4v) is 6.24. The second kappa shape index (κ2) is 8.29. The van der Waals surface area contributed by atoms with E-state index in [2.05, 4.69) is 81.8 Å². The molecule has 1 aliphatic carbocycles. The molecule has 1 amide bonds. The summed E-state index contributed by atoms with van der Waals surface area (Å²) in [5.74, 6) is 0.330. The van der Waals surface area contributed by atoms with Crippen molar-refractivity contribution in [2.75, 3.05) is 23.8 Å². The molecule has 7 rings (SSSR count). The van der Waals surface area contributed by atoms with Crippen molar-refractivity contribution < 1.29 is 9.18 Å². The number of hydrazine groups is 1. The molecule has 1 saturated carbocycles. The van der Waals surface area contributed by atoms with E-state index >= 15 is 0 Å². The number of nitrogens with zero attached hydrogens (tertiary/aromatic N) is 1. The Morgan fingerprint density at radius 2 is 1.92 bits per heavy atom. The van der Waals surface area contributed by atoms with E-state index in [0.717, 1.165) is 42.0 Å². The van der Waals surface area contributed by atoms with Crippen molar-refractivity contribution in [2.45, 2.75) is 42.9 Å². The molecule has 3 heterocycles. The Balaban J connectivity index is 1.04. The summed E-state index contributed by atoms with van der Waals surface area (Å²) >= 11 is 0. The van der Waals surface area contributed by atoms with Crippen LogP contribution in [0.5, 0.6) is 0 Å². The molecule has 1 spiro atoms. The number of fused-ring (bicyclic) bond motifs is 3. The van der Waals surface area contributed by atoms with Crippen LogP contribution in [0.1, 0.15) is 52.6 Å². The summed E-state index contributed by atoms with van der Waals surface area (Å²) in [6.07, 6.45) is 5.13. The van der Waals surface area contributed by atoms with E-state index in [1.165, 1.54) is 16.7 Å². The van der Waals surface area contributed by atoms with Crippen LogP contribution in [0.2, 0.25) is 0 Å². The van der Waals surface area contributed by atoms with Gasteiger partial charge in [0.15, 0.2) is 0 Å². The molecule has 1 saturated heterocycles. The van der Waals surface area contributed by atoms with Crippen molar-refractivity contribution in [1.82, 2.24) is 10.3 Å². The number of hydrogen-bond donors (Lipinski definition) is 3. The zero-order valence-corrected chi connectivity index (χ0v) is 20.0. The minimum absolute atomic E-state index is 0.0727. The van der Waals surface area contributed by atoms with E-state index in [-0.39, 0.29) is 17.9 Å². The molecule has 0 aromatic heterocycles. The van der Waals surface area contributed by atoms with Gasteiger partial charge in [0, 0.05) is 31.2 Å². The smallest absolute Gasteiger partial charge is 0.235 e. The minimum Gasteiger partial charge on any atom is -0.325 e. The van der Waals surface area contributed by atoms with E-state index in [9.17, 15) is 9.18 Å². The lowest BCUT2D eigenvalue weighted by molar-refractivity contribution is -0.118. The van der Waals surface area contributed by atoms with Gasteiger partial charge in [0.1, 0.15) is 6.17 Å². The van der Waals surface area contributed by atoms with E-state index < -0.39 is 11.6 Å². The third-order valence-electron chi connectivity index (χ3n) is 8.28. The molecule has 36 heavy (non-hydrogen) atoms. The monoisotopic (exact) mass is 480 g/mol. The first-order valence-electron chi connectivity index (χ1n) is 12.8. The molecule has 1 unspecified atom stereocenters. The van der Waals surface area contributed by atoms with Crippen molar-refractivity contribution in [2.24, 2.45) is 0 Å². The second-order valence-electron chi connectivity index (χ2n) is 10.5. The Labute approximate surface area is 210 Å². The molecule has 3 aromatic rings. The topological polar surface area (TPSA) is 56.4 Å². The highest BCUT2D eigenvalue weighted by molar-refractivity contribution is 6.09. The number of amides is 1. The van der Waals surface area contributed by atoms with Crippen molar-refractivity contribution in [3.63, 3.8) is 0 Å². The number of alkyl halides is 1. The number of hydrogen-bond acceptors (Lipinski definition) is 4. The summed E-state index contributed by atoms with van der Waals surface area (Å²) in [5, 5.41) is 3.07. The highest BCUT2D eigenvalue weighted by Crippen LogP contribution is 2.65. The molecule has 182 valence electrons. The number of rotatable bonds is 5. The molecule has 0 bridgehead atoms. The normalized spacial score (nSPS) is 28.4. The Bertz CT molecular complexity index is 1370. The van der Waals surface area contributed by atoms with Gasteiger partial charge in [0.05, 0.1) is 17.1 Å². The molecule has 3 aromatic carbocycles. The molecule has 5 nitrogen and oxygen atoms in total. The third-order valence-corrected chi connectivity index (χ3v) is 8.28. The zero-order valence-electron chi connectivity index (χ0n) is 20.0. The molecular weight excluding hydrogens is 451 g/mol. The first-order chi connectivity index (χ1) is 17.6. The molecule has 4 atom stereocenters. The third kappa shape index (κ3) is 3.55. The van der Waals surface area contributed by atoms with Crippen LogP contribution in [0.25, 0.3) is 6.08 Å². The molecule has 6 heteroatoms. The quantitative estimate of drug-likeness (QED) is 0.464. The van der Waals surface area contributed by atoms with Crippen LogP contribution in [-0.2, 0) is 16.8 Å². The number of anilines is 2. The van der Waals surface area contributed by atoms with Crippen molar-refractivity contribution >= 4 is 23.4 Å². The van der Waals surface area contributed by atoms with Gasteiger partial charge in [-0.2, -0.15) is 0 Å². The van der Waals surface area contributed by atoms with Gasteiger partial charge in [0.25, 0.3) is 0 Å². The van der Waals surface area contributed by atoms with E-state index in [1.807, 2.05) is 18.2 Å². The first-order valence-corrected chi connectivity index (χ1v) is 12.8. The molecule has 2 fully saturated rings. The predicted octanol–water partition coefficient (Wildman–Crippen LogP) is 5.29. The van der Waals surface area contributed by atoms with Crippen molar-refractivity contribution in [3.05, 3.63) is 101 Å². The van der Waals surface area contributed by atoms with Gasteiger partial charge in [-0.05, 0) is 52.8 Å². The lowest BCUT2D eigenvalue weighted by Gasteiger charge is -2.14. The fourth-order valence-electron chi connectivity index (χ4n) is 6.24. The van der Waals surface area contributed by atoms with Gasteiger partial charge in [-0.3, -0.25) is 9.69 Å². The molecule has 0 radical (unpaired) electrons. The van der Waals surface area contributed by atoms with E-state index in [0.29, 0.717) is 13.0 Å². The van der Waals surface area contributed by atoms with Gasteiger partial charge in [-0.25, -0.2) is 9.82 Å². The number of para-hydroxylation sites is 1. The number of halogens is 1. The average molecular weight is 481 g/mol. The Morgan fingerprint density at radius 1 is 1.06 bits per heavy atom. The minimum atomic E-state index is -0.678. The molecule has 4 aliphatic rings. The lowest BCUT2D eigenvalue weighted by Crippen LogP contribution is -2.21. The average Bonchev–Trinajstić information content (AvgIpc) is 3.14. The number of nitrogens with one attached hydrogen (secondary N) is 3. The maximum atomic E-state index is 13.4. The SMILES string of the molecule is O=C1Nc2ccccc2[C@]12C[C@H]2c1ccc2c(c1)NNC2/C=C/c1ccc(CN2CC[C@@H](F)C2)cc1. The Kier molecular flexibility index (Phi) is 5.01. The molecular formula is C30H29FN4O. The van der Waals surface area contributed by atoms with Crippen LogP contribution < -0.4 is 16.2 Å². The van der Waals surface area contributed by atoms with Crippen molar-refractivity contribution in [1.29, 1.82) is 0 Å². The largest absolute Gasteiger partial charge is 0.325 e. The molecule has 3 aliphatic heterocycles. The summed E-state index contributed by atoms with van der Waals surface area (Å²) < 4.78 is 13.4. The van der Waals surface area contributed by atoms with Crippen molar-refractivity contribution in [3.8, 4) is 0 Å². The fraction of sp³-hybridized carbons (Fsp3) is 0.300. The van der Waals surface area contributed by atoms with Gasteiger partial charge >= 0.3 is 0 Å². The maximum absolute atomic E-state index is 13.4. The Hall–Kier alpha value is -3.48. The summed E-state index contributed by atoms with van der Waals surface area (Å²) in [7, 11) is 0. The number of carbonyl (C=O) groups excluding carboxylic acids is 1. The maximum Gasteiger partial charge on any atom is 0.235 e. The first kappa shape index (κ1) is 21.8. The van der Waals surface area contributed by atoms with Gasteiger partial charge in [0.2, 0.25) is 5.91 Å². The van der Waals surface area contributed by atoms with Crippen LogP contribution in [0.4, 0.5) is 15.8 Å². The summed E-state index contributed by atoms with van der Waals surface area (Å²) in [5.41, 5.74) is 14.2. The van der Waals surface area contributed by atoms with Gasteiger partial charge in [-0.1, -0.05) is 66.7 Å². The van der Waals surface area contributed by atoms with Crippen LogP contribution in [0, 0.1) is 0 Å². The second-order valence-corrected chi connectivity index (χ2v) is 10.5. The number of benzene rings is 3. The summed E-state index contributed by atoms with van der Waals surface area (Å²) in [6.45, 7) is 2.20. The van der Waals surface area contributed by atoms with Crippen LogP contribution >= 0.6 is 0 Å². The van der Waals surface area contributed by atoms with E-state index in [4.69, 9.17) is 0 Å². The van der Waals surface area contributed by atoms with Gasteiger partial charge in [-0.15, -0.1) is 0 Å². The van der Waals surface area contributed by atoms with Crippen LogP contribution in [0.15, 0.2) is 72.8 Å². The summed E-state index contributed by atoms with van der Waals surface area (Å²) in [6, 6.07) is 23.2. The Morgan fingerprint density at radius 3 is 2.75 bits per heavy atom. The molecule has 3 N–H and O–H groups in total. The predicted molar refractivity (Wildman–Crippen MR) is 140 cm³/mol. The van der Waals surface area contributed by atoms with Crippen LogP contribution in [-0.4, -0.2) is 30.1 Å². The van der Waals surface area contributed by atoms with Gasteiger partial charge < -0.3 is 10.7 Å². The number of likely N-dealkylation sites (tertiary alicyclic amines) is 1. The zero-order chi connectivity index (χ0) is 24.3. The standard InChI is InChI=1S/C30H29FN4O/c31-22-13-14-35(18-22)17-20-7-5-19(6-8-20)9-12-26-23-11-10-21(15-28(23)34-33-26)25-16-30(25)24-3-1-2-4-27(24)32-29(30)36/h1-12,15,22,25-26,33-34H,13-14,16-18H2,(H,32,36)/b12-9+/t22-,25+,26?,30+/m1/s1. The lowest BCUT2D eigenvalue weighted by atomic mass is 9.91. The number of carbonyl (C=O) groups is 1. The summed E-state index contributed by atoms with van der Waals surface area (Å²) in [4.78, 5) is 15.0. The van der Waals surface area contributed by atoms with E-state index in [1.54, 1.807) is 0 Å². The highest BCUT2D eigenvalue weighted by Gasteiger charge is 2.65.